The van der Waals surface area contributed by atoms with Gasteiger partial charge in [-0.3, -0.25) is 4.79 Å². The van der Waals surface area contributed by atoms with Crippen molar-refractivity contribution in [2.75, 3.05) is 48.4 Å². The third kappa shape index (κ3) is 3.98. The largest absolute Gasteiger partial charge is 0.480 e. The molecule has 0 spiro atoms. The van der Waals surface area contributed by atoms with E-state index in [0.717, 1.165) is 6.20 Å². The van der Waals surface area contributed by atoms with Crippen LogP contribution in [0.4, 0.5) is 36.3 Å². The maximum Gasteiger partial charge on any atom is 0.301 e. The summed E-state index contributed by atoms with van der Waals surface area (Å²) in [6.07, 6.45) is 2.49. The molecule has 0 amide bonds. The number of hydrogen-bond acceptors (Lipinski definition) is 8. The molecule has 1 aromatic carbocycles. The number of aromatic nitrogens is 3. The molecule has 2 aliphatic heterocycles. The first-order valence-electron chi connectivity index (χ1n) is 11.9. The van der Waals surface area contributed by atoms with Crippen molar-refractivity contribution in [1.29, 1.82) is 0 Å². The van der Waals surface area contributed by atoms with Crippen molar-refractivity contribution in [1.82, 2.24) is 14.5 Å². The summed E-state index contributed by atoms with van der Waals surface area (Å²) in [5, 5.41) is 6.42. The smallest absolute Gasteiger partial charge is 0.301 e. The van der Waals surface area contributed by atoms with E-state index in [2.05, 4.69) is 20.6 Å². The molecule has 1 atom stereocenters. The second kappa shape index (κ2) is 8.54. The van der Waals surface area contributed by atoms with Gasteiger partial charge in [0.25, 0.3) is 5.56 Å². The fourth-order valence-corrected chi connectivity index (χ4v) is 4.78. The molecule has 2 fully saturated rings. The van der Waals surface area contributed by atoms with Gasteiger partial charge in [0, 0.05) is 31.2 Å². The molecule has 0 bridgehead atoms. The molecular weight excluding hydrogens is 477 g/mol. The number of nitrogens with zero attached hydrogens (tertiary/aromatic N) is 4. The first-order valence-corrected chi connectivity index (χ1v) is 11.9. The van der Waals surface area contributed by atoms with Crippen LogP contribution in [0.2, 0.25) is 0 Å². The van der Waals surface area contributed by atoms with Gasteiger partial charge in [0.05, 0.1) is 36.7 Å². The fourth-order valence-electron chi connectivity index (χ4n) is 4.78. The highest BCUT2D eigenvalue weighted by Crippen LogP contribution is 2.45. The van der Waals surface area contributed by atoms with Gasteiger partial charge in [-0.1, -0.05) is 0 Å². The molecule has 1 aliphatic carbocycles. The van der Waals surface area contributed by atoms with Gasteiger partial charge >= 0.3 is 5.92 Å². The van der Waals surface area contributed by atoms with Gasteiger partial charge in [-0.15, -0.1) is 0 Å². The van der Waals surface area contributed by atoms with Crippen molar-refractivity contribution in [2.24, 2.45) is 13.0 Å². The van der Waals surface area contributed by atoms with Gasteiger partial charge in [-0.25, -0.2) is 18.2 Å². The molecule has 1 unspecified atom stereocenters. The van der Waals surface area contributed by atoms with Crippen molar-refractivity contribution in [3.63, 3.8) is 0 Å². The van der Waals surface area contributed by atoms with Crippen LogP contribution in [0.5, 0.6) is 5.75 Å². The number of hydrogen-bond donors (Lipinski definition) is 2. The summed E-state index contributed by atoms with van der Waals surface area (Å²) >= 11 is 0. The molecule has 2 N–H and O–H groups in total. The second-order valence-corrected chi connectivity index (χ2v) is 9.40. The van der Waals surface area contributed by atoms with E-state index in [4.69, 9.17) is 9.47 Å². The fraction of sp³-hybridized carbons (Fsp3) is 0.458. The van der Waals surface area contributed by atoms with Crippen molar-refractivity contribution in [3.8, 4) is 5.75 Å². The number of nitrogens with one attached hydrogen (secondary N) is 2. The predicted octanol–water partition coefficient (Wildman–Crippen LogP) is 3.27. The second-order valence-electron chi connectivity index (χ2n) is 9.40. The molecule has 12 heteroatoms. The third-order valence-corrected chi connectivity index (χ3v) is 6.90. The van der Waals surface area contributed by atoms with Gasteiger partial charge < -0.3 is 29.6 Å². The van der Waals surface area contributed by atoms with Crippen LogP contribution in [0.15, 0.2) is 29.2 Å². The average Bonchev–Trinajstić information content (AvgIpc) is 3.72. The number of pyridine rings is 1. The van der Waals surface area contributed by atoms with E-state index in [0.29, 0.717) is 61.7 Å². The summed E-state index contributed by atoms with van der Waals surface area (Å²) < 4.78 is 56.4. The van der Waals surface area contributed by atoms with Crippen LogP contribution in [-0.2, 0) is 11.8 Å². The van der Waals surface area contributed by atoms with Crippen LogP contribution in [0, 0.1) is 11.7 Å². The van der Waals surface area contributed by atoms with E-state index >= 15 is 0 Å². The lowest BCUT2D eigenvalue weighted by molar-refractivity contribution is -0.0579. The van der Waals surface area contributed by atoms with Crippen LogP contribution >= 0.6 is 0 Å². The van der Waals surface area contributed by atoms with Gasteiger partial charge in [-0.05, 0) is 37.0 Å². The Hall–Kier alpha value is -3.54. The number of aryl methyl sites for hydroxylation is 1. The molecule has 6 rings (SSSR count). The van der Waals surface area contributed by atoms with Crippen molar-refractivity contribution in [3.05, 3.63) is 40.6 Å². The number of alkyl halides is 2. The normalized spacial score (nSPS) is 21.3. The number of morpholine rings is 1. The number of benzene rings is 1. The Balaban J connectivity index is 1.40. The Morgan fingerprint density at radius 3 is 2.75 bits per heavy atom. The molecule has 4 heterocycles. The first kappa shape index (κ1) is 22.9. The summed E-state index contributed by atoms with van der Waals surface area (Å²) in [5.41, 5.74) is 0.713. The van der Waals surface area contributed by atoms with Crippen LogP contribution < -0.4 is 25.8 Å². The maximum atomic E-state index is 14.8. The molecule has 3 aromatic rings. The molecular formula is C24H25F3N6O3. The predicted molar refractivity (Wildman–Crippen MR) is 128 cm³/mol. The van der Waals surface area contributed by atoms with Gasteiger partial charge in [0.15, 0.2) is 18.2 Å². The summed E-state index contributed by atoms with van der Waals surface area (Å²) in [6, 6.07) is 3.89. The highest BCUT2D eigenvalue weighted by atomic mass is 19.3. The SMILES string of the molecule is Cn1c(=O)c2c(c3cc(Nc4nc(N5CCOCC5)ncc4F)ccc31)NC(C1CC1)C(F)(F)CO2. The summed E-state index contributed by atoms with van der Waals surface area (Å²) in [5.74, 6) is -3.75. The topological polar surface area (TPSA) is 93.5 Å². The van der Waals surface area contributed by atoms with E-state index in [1.54, 1.807) is 25.2 Å². The number of halogens is 3. The molecule has 1 saturated heterocycles. The lowest BCUT2D eigenvalue weighted by Crippen LogP contribution is -2.44. The van der Waals surface area contributed by atoms with Crippen molar-refractivity contribution < 1.29 is 22.6 Å². The summed E-state index contributed by atoms with van der Waals surface area (Å²) in [7, 11) is 1.56. The zero-order chi connectivity index (χ0) is 25.0. The Morgan fingerprint density at radius 2 is 2.00 bits per heavy atom. The van der Waals surface area contributed by atoms with Gasteiger partial charge in [0.1, 0.15) is 0 Å². The van der Waals surface area contributed by atoms with Crippen molar-refractivity contribution in [2.45, 2.75) is 24.8 Å². The minimum atomic E-state index is -3.13. The average molecular weight is 502 g/mol. The highest BCUT2D eigenvalue weighted by Gasteiger charge is 2.51. The summed E-state index contributed by atoms with van der Waals surface area (Å²) in [6.45, 7) is 1.39. The Kier molecular flexibility index (Phi) is 5.43. The third-order valence-electron chi connectivity index (χ3n) is 6.90. The number of ether oxygens (including phenoxy) is 2. The molecule has 36 heavy (non-hydrogen) atoms. The van der Waals surface area contributed by atoms with Crippen LogP contribution in [0.3, 0.4) is 0 Å². The van der Waals surface area contributed by atoms with Crippen LogP contribution in [0.1, 0.15) is 12.8 Å². The quantitative estimate of drug-likeness (QED) is 0.562. The minimum Gasteiger partial charge on any atom is -0.480 e. The molecule has 0 radical (unpaired) electrons. The zero-order valence-electron chi connectivity index (χ0n) is 19.6. The van der Waals surface area contributed by atoms with Gasteiger partial charge in [0.2, 0.25) is 11.7 Å². The van der Waals surface area contributed by atoms with Crippen LogP contribution in [0.25, 0.3) is 10.9 Å². The summed E-state index contributed by atoms with van der Waals surface area (Å²) in [4.78, 5) is 23.3. The van der Waals surface area contributed by atoms with Crippen LogP contribution in [-0.4, -0.2) is 59.4 Å². The Morgan fingerprint density at radius 1 is 1.22 bits per heavy atom. The first-order chi connectivity index (χ1) is 17.3. The van der Waals surface area contributed by atoms with E-state index in [9.17, 15) is 18.0 Å². The standard InChI is InChI=1S/C24H25F3N6O3/c1-32-17-5-4-14(29-21-16(25)11-28-23(31-21)33-6-8-35-9-7-33)10-15(17)18-19(22(32)34)36-12-24(26,27)20(30-18)13-2-3-13/h4-5,10-11,13,20,30H,2-3,6-9,12H2,1H3,(H,28,29,31). The van der Waals surface area contributed by atoms with E-state index in [1.807, 2.05) is 4.90 Å². The number of anilines is 4. The number of fused-ring (bicyclic) bond motifs is 3. The lowest BCUT2D eigenvalue weighted by Gasteiger charge is -2.27. The van der Waals surface area contributed by atoms with Gasteiger partial charge in [-0.2, -0.15) is 4.98 Å². The van der Waals surface area contributed by atoms with E-state index in [1.165, 1.54) is 4.57 Å². The zero-order valence-corrected chi connectivity index (χ0v) is 19.6. The highest BCUT2D eigenvalue weighted by molar-refractivity contribution is 5.97. The molecule has 3 aliphatic rings. The monoisotopic (exact) mass is 502 g/mol. The van der Waals surface area contributed by atoms with E-state index in [-0.39, 0.29) is 23.2 Å². The Labute approximate surface area is 204 Å². The molecule has 2 aromatic heterocycles. The lowest BCUT2D eigenvalue weighted by atomic mass is 10.0. The number of rotatable bonds is 4. The molecule has 9 nitrogen and oxygen atoms in total. The Bertz CT molecular complexity index is 1390. The maximum absolute atomic E-state index is 14.8. The van der Waals surface area contributed by atoms with Crippen molar-refractivity contribution >= 4 is 34.0 Å². The molecule has 1 saturated carbocycles. The molecule has 190 valence electrons. The minimum absolute atomic E-state index is 0.0200. The van der Waals surface area contributed by atoms with E-state index < -0.39 is 29.9 Å².